The monoisotopic (exact) mass is 222 g/mol. The minimum Gasteiger partial charge on any atom is -0.315 e. The van der Waals surface area contributed by atoms with Crippen LogP contribution in [0.2, 0.25) is 0 Å². The summed E-state index contributed by atoms with van der Waals surface area (Å²) < 4.78 is 0. The molecule has 0 bridgehead atoms. The first-order valence-corrected chi connectivity index (χ1v) is 7.36. The average molecular weight is 222 g/mol. The third kappa shape index (κ3) is 1.91. The van der Waals surface area contributed by atoms with E-state index in [1.165, 1.54) is 77.5 Å². The fraction of sp³-hybridized carbons (Fsp3) is 1.00. The summed E-state index contributed by atoms with van der Waals surface area (Å²) >= 11 is 0. The van der Waals surface area contributed by atoms with Crippen LogP contribution in [0.1, 0.15) is 51.4 Å². The molecule has 2 heteroatoms. The Balaban J connectivity index is 1.64. The van der Waals surface area contributed by atoms with E-state index in [1.54, 1.807) is 0 Å². The second kappa shape index (κ2) is 4.66. The van der Waals surface area contributed by atoms with E-state index in [4.69, 9.17) is 0 Å². The molecule has 1 N–H and O–H groups in total. The first kappa shape index (κ1) is 11.0. The Labute approximate surface area is 99.8 Å². The molecule has 3 fully saturated rings. The van der Waals surface area contributed by atoms with Gasteiger partial charge in [0.15, 0.2) is 0 Å². The van der Waals surface area contributed by atoms with Gasteiger partial charge in [0.05, 0.1) is 0 Å². The molecular weight excluding hydrogens is 196 g/mol. The van der Waals surface area contributed by atoms with Crippen molar-refractivity contribution in [1.82, 2.24) is 10.2 Å². The Morgan fingerprint density at radius 2 is 1.75 bits per heavy atom. The predicted octanol–water partition coefficient (Wildman–Crippen LogP) is 2.39. The Bertz CT molecular complexity index is 225. The average Bonchev–Trinajstić information content (AvgIpc) is 2.58. The molecule has 0 radical (unpaired) electrons. The van der Waals surface area contributed by atoms with Crippen LogP contribution in [0.3, 0.4) is 0 Å². The summed E-state index contributed by atoms with van der Waals surface area (Å²) in [6, 6.07) is 0.952. The molecule has 3 aliphatic rings. The van der Waals surface area contributed by atoms with E-state index in [-0.39, 0.29) is 0 Å². The standard InChI is InChI=1S/C14H26N2/c1-2-6-14(7-3-1)8-5-13(14)16-11-4-9-15-10-12-16/h13,15H,1-12H2. The van der Waals surface area contributed by atoms with Crippen molar-refractivity contribution in [1.29, 1.82) is 0 Å². The molecule has 0 aromatic rings. The summed E-state index contributed by atoms with van der Waals surface area (Å²) in [5, 5.41) is 3.53. The molecule has 92 valence electrons. The van der Waals surface area contributed by atoms with Crippen molar-refractivity contribution in [3.8, 4) is 0 Å². The molecule has 1 spiro atoms. The molecule has 1 atom stereocenters. The first-order chi connectivity index (χ1) is 7.91. The maximum absolute atomic E-state index is 3.53. The van der Waals surface area contributed by atoms with Crippen molar-refractivity contribution in [2.24, 2.45) is 5.41 Å². The normalized spacial score (nSPS) is 35.6. The van der Waals surface area contributed by atoms with Crippen molar-refractivity contribution in [2.45, 2.75) is 57.4 Å². The van der Waals surface area contributed by atoms with Gasteiger partial charge in [0, 0.05) is 19.1 Å². The van der Waals surface area contributed by atoms with Crippen LogP contribution in [-0.4, -0.2) is 37.1 Å². The number of hydrogen-bond donors (Lipinski definition) is 1. The number of rotatable bonds is 1. The van der Waals surface area contributed by atoms with Crippen molar-refractivity contribution in [3.05, 3.63) is 0 Å². The lowest BCUT2D eigenvalue weighted by Crippen LogP contribution is -2.56. The number of nitrogens with one attached hydrogen (secondary N) is 1. The van der Waals surface area contributed by atoms with E-state index < -0.39 is 0 Å². The van der Waals surface area contributed by atoms with Crippen molar-refractivity contribution in [3.63, 3.8) is 0 Å². The third-order valence-corrected chi connectivity index (χ3v) is 5.29. The van der Waals surface area contributed by atoms with Crippen LogP contribution in [0.5, 0.6) is 0 Å². The summed E-state index contributed by atoms with van der Waals surface area (Å²) in [6.07, 6.45) is 11.9. The van der Waals surface area contributed by atoms with Gasteiger partial charge in [0.1, 0.15) is 0 Å². The highest BCUT2D eigenvalue weighted by Crippen LogP contribution is 2.53. The minimum atomic E-state index is 0.766. The molecule has 1 heterocycles. The Morgan fingerprint density at radius 1 is 0.875 bits per heavy atom. The Morgan fingerprint density at radius 3 is 2.50 bits per heavy atom. The van der Waals surface area contributed by atoms with Crippen LogP contribution in [0.15, 0.2) is 0 Å². The van der Waals surface area contributed by atoms with Gasteiger partial charge in [-0.05, 0) is 50.6 Å². The molecule has 0 aromatic heterocycles. The number of nitrogens with zero attached hydrogens (tertiary/aromatic N) is 1. The summed E-state index contributed by atoms with van der Waals surface area (Å²) in [5.74, 6) is 0. The van der Waals surface area contributed by atoms with Gasteiger partial charge >= 0.3 is 0 Å². The largest absolute Gasteiger partial charge is 0.315 e. The van der Waals surface area contributed by atoms with Crippen LogP contribution in [-0.2, 0) is 0 Å². The van der Waals surface area contributed by atoms with Crippen molar-refractivity contribution >= 4 is 0 Å². The maximum Gasteiger partial charge on any atom is 0.0152 e. The van der Waals surface area contributed by atoms with E-state index in [0.717, 1.165) is 11.5 Å². The summed E-state index contributed by atoms with van der Waals surface area (Å²) in [6.45, 7) is 5.09. The van der Waals surface area contributed by atoms with Gasteiger partial charge < -0.3 is 5.32 Å². The molecular formula is C14H26N2. The molecule has 0 aromatic carbocycles. The zero-order chi connectivity index (χ0) is 10.8. The summed E-state index contributed by atoms with van der Waals surface area (Å²) in [5.41, 5.74) is 0.766. The fourth-order valence-electron chi connectivity index (χ4n) is 4.27. The lowest BCUT2D eigenvalue weighted by Gasteiger charge is -2.56. The molecule has 2 saturated carbocycles. The van der Waals surface area contributed by atoms with E-state index in [1.807, 2.05) is 0 Å². The zero-order valence-corrected chi connectivity index (χ0v) is 10.5. The van der Waals surface area contributed by atoms with E-state index >= 15 is 0 Å². The van der Waals surface area contributed by atoms with E-state index in [0.29, 0.717) is 0 Å². The lowest BCUT2D eigenvalue weighted by atomic mass is 9.57. The van der Waals surface area contributed by atoms with Gasteiger partial charge in [-0.1, -0.05) is 19.3 Å². The predicted molar refractivity (Wildman–Crippen MR) is 67.6 cm³/mol. The molecule has 1 aliphatic heterocycles. The lowest BCUT2D eigenvalue weighted by molar-refractivity contribution is -0.0503. The van der Waals surface area contributed by atoms with Gasteiger partial charge in [0.2, 0.25) is 0 Å². The minimum absolute atomic E-state index is 0.766. The van der Waals surface area contributed by atoms with Crippen LogP contribution >= 0.6 is 0 Å². The maximum atomic E-state index is 3.53. The Kier molecular flexibility index (Phi) is 3.21. The quantitative estimate of drug-likeness (QED) is 0.733. The van der Waals surface area contributed by atoms with Gasteiger partial charge in [-0.3, -0.25) is 4.90 Å². The van der Waals surface area contributed by atoms with E-state index in [9.17, 15) is 0 Å². The Hall–Kier alpha value is -0.0800. The van der Waals surface area contributed by atoms with Gasteiger partial charge in [-0.25, -0.2) is 0 Å². The summed E-state index contributed by atoms with van der Waals surface area (Å²) in [7, 11) is 0. The van der Waals surface area contributed by atoms with Crippen LogP contribution < -0.4 is 5.32 Å². The molecule has 16 heavy (non-hydrogen) atoms. The third-order valence-electron chi connectivity index (χ3n) is 5.29. The SMILES string of the molecule is C1CCC2(CC1)CCC2N1CCCNCC1. The molecule has 2 nitrogen and oxygen atoms in total. The van der Waals surface area contributed by atoms with Crippen LogP contribution in [0.25, 0.3) is 0 Å². The highest BCUT2D eigenvalue weighted by atomic mass is 15.2. The topological polar surface area (TPSA) is 15.3 Å². The second-order valence-electron chi connectivity index (χ2n) is 6.12. The van der Waals surface area contributed by atoms with Crippen molar-refractivity contribution in [2.75, 3.05) is 26.2 Å². The second-order valence-corrected chi connectivity index (χ2v) is 6.12. The van der Waals surface area contributed by atoms with Gasteiger partial charge in [-0.15, -0.1) is 0 Å². The molecule has 3 rings (SSSR count). The first-order valence-electron chi connectivity index (χ1n) is 7.36. The van der Waals surface area contributed by atoms with E-state index in [2.05, 4.69) is 10.2 Å². The summed E-state index contributed by atoms with van der Waals surface area (Å²) in [4.78, 5) is 2.81. The van der Waals surface area contributed by atoms with Gasteiger partial charge in [-0.2, -0.15) is 0 Å². The molecule has 1 saturated heterocycles. The highest BCUT2D eigenvalue weighted by Gasteiger charge is 2.49. The van der Waals surface area contributed by atoms with Gasteiger partial charge in [0.25, 0.3) is 0 Å². The number of hydrogen-bond acceptors (Lipinski definition) is 2. The molecule has 0 amide bonds. The van der Waals surface area contributed by atoms with Crippen molar-refractivity contribution < 1.29 is 0 Å². The highest BCUT2D eigenvalue weighted by molar-refractivity contribution is 5.02. The molecule has 2 aliphatic carbocycles. The van der Waals surface area contributed by atoms with Crippen LogP contribution in [0.4, 0.5) is 0 Å². The molecule has 1 unspecified atom stereocenters. The smallest absolute Gasteiger partial charge is 0.0152 e. The zero-order valence-electron chi connectivity index (χ0n) is 10.5. The fourth-order valence-corrected chi connectivity index (χ4v) is 4.27. The van der Waals surface area contributed by atoms with Crippen LogP contribution in [0, 0.1) is 5.41 Å².